The number of esters is 2. The van der Waals surface area contributed by atoms with Crippen LogP contribution in [-0.2, 0) is 19.1 Å². The Bertz CT molecular complexity index is 412. The Hall–Kier alpha value is -1.58. The Morgan fingerprint density at radius 2 is 0.867 bits per heavy atom. The normalized spacial score (nSPS) is 11.4. The van der Waals surface area contributed by atoms with Crippen LogP contribution in [0.5, 0.6) is 0 Å². The zero-order valence-corrected chi connectivity index (χ0v) is 19.7. The lowest BCUT2D eigenvalue weighted by molar-refractivity contribution is -0.150. The molecule has 0 spiro atoms. The second-order valence-corrected chi connectivity index (χ2v) is 7.87. The minimum Gasteiger partial charge on any atom is -0.466 e. The summed E-state index contributed by atoms with van der Waals surface area (Å²) in [5.41, 5.74) is 0. The lowest BCUT2D eigenvalue weighted by Crippen LogP contribution is -2.11. The number of carbonyl (C=O) groups is 2. The van der Waals surface area contributed by atoms with E-state index in [2.05, 4.69) is 38.2 Å². The molecule has 0 N–H and O–H groups in total. The van der Waals surface area contributed by atoms with Crippen molar-refractivity contribution in [3.05, 3.63) is 24.3 Å². The predicted octanol–water partition coefficient (Wildman–Crippen LogP) is 7.47. The van der Waals surface area contributed by atoms with E-state index >= 15 is 0 Å². The second kappa shape index (κ2) is 23.7. The Morgan fingerprint density at radius 3 is 1.20 bits per heavy atom. The van der Waals surface area contributed by atoms with E-state index in [9.17, 15) is 9.59 Å². The van der Waals surface area contributed by atoms with E-state index < -0.39 is 0 Å². The van der Waals surface area contributed by atoms with Crippen LogP contribution < -0.4 is 0 Å². The third kappa shape index (κ3) is 22.7. The standard InChI is InChI=1S/C26H46O4/c1-3-5-7-9-11-13-15-17-19-23-29-25(27)21-22-26(28)30-24-20-18-16-14-12-10-8-6-4-2/h11-14H,3-10,15-24H2,1-2H3/b13-11+,14-12+. The molecule has 0 aromatic carbocycles. The van der Waals surface area contributed by atoms with Gasteiger partial charge in [-0.1, -0.05) is 63.8 Å². The van der Waals surface area contributed by atoms with Gasteiger partial charge < -0.3 is 9.47 Å². The SMILES string of the molecule is CCCCC/C=C/CCCCOC(=O)CCC(=O)OCCCC/C=C/CCCCC. The summed E-state index contributed by atoms with van der Waals surface area (Å²) in [6, 6.07) is 0. The molecule has 0 rings (SSSR count). The predicted molar refractivity (Wildman–Crippen MR) is 125 cm³/mol. The first-order valence-electron chi connectivity index (χ1n) is 12.3. The number of hydrogen-bond donors (Lipinski definition) is 0. The smallest absolute Gasteiger partial charge is 0.306 e. The van der Waals surface area contributed by atoms with Gasteiger partial charge in [-0.3, -0.25) is 9.59 Å². The fourth-order valence-electron chi connectivity index (χ4n) is 2.94. The Labute approximate surface area is 185 Å². The highest BCUT2D eigenvalue weighted by Crippen LogP contribution is 2.05. The van der Waals surface area contributed by atoms with Crippen molar-refractivity contribution in [1.29, 1.82) is 0 Å². The maximum Gasteiger partial charge on any atom is 0.306 e. The molecule has 4 heteroatoms. The average molecular weight is 423 g/mol. The third-order valence-corrected chi connectivity index (χ3v) is 4.87. The highest BCUT2D eigenvalue weighted by molar-refractivity contribution is 5.77. The summed E-state index contributed by atoms with van der Waals surface area (Å²) in [5.74, 6) is -0.620. The zero-order chi connectivity index (χ0) is 22.1. The van der Waals surface area contributed by atoms with Crippen molar-refractivity contribution in [2.75, 3.05) is 13.2 Å². The molecule has 30 heavy (non-hydrogen) atoms. The molecule has 0 saturated heterocycles. The first-order chi connectivity index (χ1) is 14.7. The maximum atomic E-state index is 11.7. The summed E-state index contributed by atoms with van der Waals surface area (Å²) in [6.45, 7) is 5.29. The molecule has 0 atom stereocenters. The molecule has 0 aliphatic rings. The quantitative estimate of drug-likeness (QED) is 0.109. The van der Waals surface area contributed by atoms with Crippen molar-refractivity contribution in [3.63, 3.8) is 0 Å². The van der Waals surface area contributed by atoms with Crippen LogP contribution in [0.25, 0.3) is 0 Å². The largest absolute Gasteiger partial charge is 0.466 e. The summed E-state index contributed by atoms with van der Waals surface area (Å²) in [5, 5.41) is 0. The molecule has 0 aromatic rings. The van der Waals surface area contributed by atoms with E-state index in [-0.39, 0.29) is 24.8 Å². The Morgan fingerprint density at radius 1 is 0.533 bits per heavy atom. The van der Waals surface area contributed by atoms with Crippen LogP contribution in [-0.4, -0.2) is 25.2 Å². The zero-order valence-electron chi connectivity index (χ0n) is 19.7. The second-order valence-electron chi connectivity index (χ2n) is 7.87. The average Bonchev–Trinajstić information content (AvgIpc) is 2.75. The molecule has 174 valence electrons. The van der Waals surface area contributed by atoms with E-state index in [4.69, 9.17) is 9.47 Å². The molecule has 0 amide bonds. The molecule has 0 aliphatic carbocycles. The minimum atomic E-state index is -0.310. The molecule has 0 aliphatic heterocycles. The van der Waals surface area contributed by atoms with Crippen LogP contribution in [0.1, 0.15) is 117 Å². The summed E-state index contributed by atoms with van der Waals surface area (Å²) in [6.07, 6.45) is 25.0. The fourth-order valence-corrected chi connectivity index (χ4v) is 2.94. The van der Waals surface area contributed by atoms with Gasteiger partial charge >= 0.3 is 11.9 Å². The van der Waals surface area contributed by atoms with Crippen molar-refractivity contribution < 1.29 is 19.1 Å². The number of unbranched alkanes of at least 4 members (excludes halogenated alkanes) is 10. The van der Waals surface area contributed by atoms with Crippen molar-refractivity contribution in [2.24, 2.45) is 0 Å². The molecule has 0 aromatic heterocycles. The van der Waals surface area contributed by atoms with Gasteiger partial charge in [-0.05, 0) is 64.2 Å². The molecule has 0 radical (unpaired) electrons. The fraction of sp³-hybridized carbons (Fsp3) is 0.769. The van der Waals surface area contributed by atoms with Gasteiger partial charge in [0.25, 0.3) is 0 Å². The molecular weight excluding hydrogens is 376 g/mol. The van der Waals surface area contributed by atoms with Crippen molar-refractivity contribution in [3.8, 4) is 0 Å². The van der Waals surface area contributed by atoms with Crippen LogP contribution in [0.2, 0.25) is 0 Å². The number of hydrogen-bond acceptors (Lipinski definition) is 4. The summed E-state index contributed by atoms with van der Waals surface area (Å²) in [7, 11) is 0. The molecule has 0 saturated carbocycles. The summed E-state index contributed by atoms with van der Waals surface area (Å²) >= 11 is 0. The van der Waals surface area contributed by atoms with E-state index in [1.807, 2.05) is 0 Å². The number of ether oxygens (including phenoxy) is 2. The van der Waals surface area contributed by atoms with E-state index in [0.29, 0.717) is 13.2 Å². The molecule has 0 fully saturated rings. The monoisotopic (exact) mass is 422 g/mol. The maximum absolute atomic E-state index is 11.7. The van der Waals surface area contributed by atoms with Crippen LogP contribution in [0.15, 0.2) is 24.3 Å². The lowest BCUT2D eigenvalue weighted by Gasteiger charge is -2.05. The first kappa shape index (κ1) is 28.4. The van der Waals surface area contributed by atoms with Crippen molar-refractivity contribution in [2.45, 2.75) is 117 Å². The van der Waals surface area contributed by atoms with E-state index in [1.54, 1.807) is 0 Å². The van der Waals surface area contributed by atoms with E-state index in [1.165, 1.54) is 38.5 Å². The number of carbonyl (C=O) groups excluding carboxylic acids is 2. The molecular formula is C26H46O4. The van der Waals surface area contributed by atoms with Crippen LogP contribution in [0, 0.1) is 0 Å². The molecule has 4 nitrogen and oxygen atoms in total. The lowest BCUT2D eigenvalue weighted by atomic mass is 10.1. The van der Waals surface area contributed by atoms with Crippen molar-refractivity contribution in [1.82, 2.24) is 0 Å². The van der Waals surface area contributed by atoms with Gasteiger partial charge in [0.15, 0.2) is 0 Å². The Balaban J connectivity index is 3.42. The van der Waals surface area contributed by atoms with Gasteiger partial charge in [0.1, 0.15) is 0 Å². The van der Waals surface area contributed by atoms with Gasteiger partial charge in [-0.2, -0.15) is 0 Å². The van der Waals surface area contributed by atoms with Gasteiger partial charge in [-0.25, -0.2) is 0 Å². The molecule has 0 bridgehead atoms. The van der Waals surface area contributed by atoms with Gasteiger partial charge in [-0.15, -0.1) is 0 Å². The molecule has 0 unspecified atom stereocenters. The summed E-state index contributed by atoms with van der Waals surface area (Å²) < 4.78 is 10.4. The summed E-state index contributed by atoms with van der Waals surface area (Å²) in [4.78, 5) is 23.3. The highest BCUT2D eigenvalue weighted by Gasteiger charge is 2.08. The highest BCUT2D eigenvalue weighted by atomic mass is 16.5. The van der Waals surface area contributed by atoms with Gasteiger partial charge in [0, 0.05) is 0 Å². The third-order valence-electron chi connectivity index (χ3n) is 4.87. The van der Waals surface area contributed by atoms with Crippen molar-refractivity contribution >= 4 is 11.9 Å². The number of rotatable bonds is 21. The van der Waals surface area contributed by atoms with Crippen LogP contribution >= 0.6 is 0 Å². The van der Waals surface area contributed by atoms with Crippen LogP contribution in [0.3, 0.4) is 0 Å². The van der Waals surface area contributed by atoms with E-state index in [0.717, 1.165) is 51.4 Å². The number of allylic oxidation sites excluding steroid dienone is 4. The van der Waals surface area contributed by atoms with Crippen LogP contribution in [0.4, 0.5) is 0 Å². The topological polar surface area (TPSA) is 52.6 Å². The minimum absolute atomic E-state index is 0.108. The first-order valence-corrected chi connectivity index (χ1v) is 12.3. The van der Waals surface area contributed by atoms with Gasteiger partial charge in [0.05, 0.1) is 26.1 Å². The van der Waals surface area contributed by atoms with Gasteiger partial charge in [0.2, 0.25) is 0 Å². The molecule has 0 heterocycles. The Kier molecular flexibility index (Phi) is 22.4.